The Morgan fingerprint density at radius 1 is 0.603 bits per heavy atom. The first kappa shape index (κ1) is 49.4. The molecule has 4 fully saturated rings. The maximum atomic E-state index is 13.2. The van der Waals surface area contributed by atoms with Crippen molar-refractivity contribution in [2.75, 3.05) is 104 Å². The molecule has 14 nitrogen and oxygen atoms in total. The zero-order valence-corrected chi connectivity index (χ0v) is 41.2. The van der Waals surface area contributed by atoms with E-state index >= 15 is 0 Å². The molecule has 0 saturated carbocycles. The Morgan fingerprint density at radius 3 is 1.60 bits per heavy atom. The maximum Gasteiger partial charge on any atom is 0.306 e. The third-order valence-electron chi connectivity index (χ3n) is 12.7. The average Bonchev–Trinajstić information content (AvgIpc) is 3.95. The fourth-order valence-corrected chi connectivity index (χ4v) is 17.2. The highest BCUT2D eigenvalue weighted by Gasteiger charge is 2.34. The number of carbonyl (C=O) groups excluding carboxylic acids is 3. The van der Waals surface area contributed by atoms with Crippen LogP contribution in [0.2, 0.25) is 32.7 Å². The quantitative estimate of drug-likeness (QED) is 0.0650. The number of benzene rings is 2. The smallest absolute Gasteiger partial charge is 0.306 e. The number of nitrogens with zero attached hydrogens (tertiary/aromatic N) is 5. The molecule has 63 heavy (non-hydrogen) atoms. The summed E-state index contributed by atoms with van der Waals surface area (Å²) in [5.41, 5.74) is 3.86. The zero-order valence-electron chi connectivity index (χ0n) is 39.2. The van der Waals surface area contributed by atoms with Crippen molar-refractivity contribution >= 4 is 34.4 Å². The van der Waals surface area contributed by atoms with Gasteiger partial charge in [-0.2, -0.15) is 0 Å². The Labute approximate surface area is 380 Å². The van der Waals surface area contributed by atoms with Crippen molar-refractivity contribution in [3.05, 3.63) is 70.8 Å². The first-order chi connectivity index (χ1) is 30.3. The molecule has 16 heteroatoms. The summed E-state index contributed by atoms with van der Waals surface area (Å²) < 4.78 is 11.9. The molecule has 350 valence electrons. The maximum absolute atomic E-state index is 13.2. The Kier molecular flexibility index (Phi) is 19.2. The molecule has 0 bridgehead atoms. The Balaban J connectivity index is 0.897. The number of amides is 2. The van der Waals surface area contributed by atoms with Gasteiger partial charge in [0.25, 0.3) is 11.8 Å². The number of nitrogens with one attached hydrogen (secondary N) is 4. The molecule has 6 rings (SSSR count). The molecule has 2 aromatic rings. The van der Waals surface area contributed by atoms with Gasteiger partial charge in [0.1, 0.15) is 6.23 Å². The third kappa shape index (κ3) is 16.4. The molecule has 4 aliphatic heterocycles. The average molecular weight is 906 g/mol. The monoisotopic (exact) mass is 906 g/mol. The molecule has 2 unspecified atom stereocenters. The van der Waals surface area contributed by atoms with Crippen molar-refractivity contribution in [2.45, 2.75) is 103 Å². The van der Waals surface area contributed by atoms with Gasteiger partial charge in [-0.15, -0.1) is 0 Å². The number of rotatable bonds is 25. The molecule has 0 radical (unpaired) electrons. The normalized spacial score (nSPS) is 20.2. The van der Waals surface area contributed by atoms with E-state index in [0.29, 0.717) is 75.4 Å². The van der Waals surface area contributed by atoms with Crippen LogP contribution in [0.4, 0.5) is 0 Å². The minimum Gasteiger partial charge on any atom is -0.466 e. The minimum atomic E-state index is -2.05. The second kappa shape index (κ2) is 24.5. The van der Waals surface area contributed by atoms with Crippen molar-refractivity contribution in [1.82, 2.24) is 45.8 Å². The molecule has 0 spiro atoms. The molecular weight excluding hydrogens is 827 g/mol. The van der Waals surface area contributed by atoms with E-state index in [4.69, 9.17) is 8.85 Å². The summed E-state index contributed by atoms with van der Waals surface area (Å²) >= 11 is 0. The number of ether oxygens (including phenoxy) is 1. The van der Waals surface area contributed by atoms with E-state index in [1.807, 2.05) is 24.3 Å². The van der Waals surface area contributed by atoms with Gasteiger partial charge in [0, 0.05) is 109 Å². The fourth-order valence-electron chi connectivity index (χ4n) is 9.81. The first-order valence-corrected chi connectivity index (χ1v) is 30.5. The highest BCUT2D eigenvalue weighted by molar-refractivity contribution is 6.84. The van der Waals surface area contributed by atoms with Gasteiger partial charge in [0.15, 0.2) is 8.32 Å². The summed E-state index contributed by atoms with van der Waals surface area (Å²) in [7, 11) is -3.75. The van der Waals surface area contributed by atoms with Crippen molar-refractivity contribution in [3.63, 3.8) is 0 Å². The summed E-state index contributed by atoms with van der Waals surface area (Å²) in [6, 6.07) is 16.2. The summed E-state index contributed by atoms with van der Waals surface area (Å²) in [4.78, 5) is 51.4. The molecule has 4 saturated heterocycles. The predicted molar refractivity (Wildman–Crippen MR) is 256 cm³/mol. The Morgan fingerprint density at radius 2 is 1.08 bits per heavy atom. The number of hydrogen-bond acceptors (Lipinski definition) is 12. The van der Waals surface area contributed by atoms with Crippen LogP contribution in [-0.4, -0.2) is 176 Å². The van der Waals surface area contributed by atoms with Crippen LogP contribution in [0.1, 0.15) is 76.8 Å². The van der Waals surface area contributed by atoms with E-state index in [0.717, 1.165) is 45.8 Å². The van der Waals surface area contributed by atoms with Gasteiger partial charge < -0.3 is 30.1 Å². The predicted octanol–water partition coefficient (Wildman–Crippen LogP) is 4.11. The molecule has 2 aromatic carbocycles. The van der Waals surface area contributed by atoms with Crippen LogP contribution in [0.25, 0.3) is 0 Å². The van der Waals surface area contributed by atoms with Gasteiger partial charge >= 0.3 is 5.97 Å². The first-order valence-electron chi connectivity index (χ1n) is 24.0. The molecule has 0 aromatic heterocycles. The van der Waals surface area contributed by atoms with Crippen LogP contribution in [-0.2, 0) is 26.7 Å². The number of carbonyl (C=O) groups is 3. The Bertz CT molecular complexity index is 1730. The van der Waals surface area contributed by atoms with Gasteiger partial charge in [-0.25, -0.2) is 0 Å². The highest BCUT2D eigenvalue weighted by atomic mass is 28.4. The standard InChI is InChI=1S/C47H79N9O5Si2/c1-62(2,3)61-63(4,5)38-60-45(57)20-21-48-24-33-52(35-26-51-47(59)42-18-14-40(15-19-42)37-56-32-9-30-54-28-7-11-44(54)56)34-25-49-22-23-50-46(58)41-16-12-39(13-17-41)36-55-31-8-29-53-27-6-10-43(53)55/h12-19,43-44,48-49H,6-11,20-38H2,1-5H3,(H,50,58)(H,51,59). The molecular formula is C47H79N9O5Si2. The van der Waals surface area contributed by atoms with Crippen LogP contribution in [0, 0.1) is 0 Å². The molecule has 2 amide bonds. The second-order valence-corrected chi connectivity index (χ2v) is 28.4. The third-order valence-corrected chi connectivity index (χ3v) is 18.2. The molecule has 0 aliphatic carbocycles. The number of esters is 1. The second-order valence-electron chi connectivity index (χ2n) is 19.6. The Hall–Kier alpha value is -3.04. The van der Waals surface area contributed by atoms with Crippen LogP contribution >= 0.6 is 0 Å². The van der Waals surface area contributed by atoms with Crippen LogP contribution < -0.4 is 21.3 Å². The molecule has 2 atom stereocenters. The van der Waals surface area contributed by atoms with E-state index in [9.17, 15) is 14.4 Å². The van der Waals surface area contributed by atoms with E-state index in [1.54, 1.807) is 0 Å². The lowest BCUT2D eigenvalue weighted by Crippen LogP contribution is -2.49. The lowest BCUT2D eigenvalue weighted by molar-refractivity contribution is -0.142. The zero-order chi connectivity index (χ0) is 44.7. The summed E-state index contributed by atoms with van der Waals surface area (Å²) in [5, 5.41) is 13.1. The number of fused-ring (bicyclic) bond motifs is 2. The van der Waals surface area contributed by atoms with Gasteiger partial charge in [0.2, 0.25) is 8.32 Å². The topological polar surface area (TPSA) is 134 Å². The van der Waals surface area contributed by atoms with E-state index < -0.39 is 16.6 Å². The van der Waals surface area contributed by atoms with Gasteiger partial charge in [-0.05, 0) is 120 Å². The van der Waals surface area contributed by atoms with Gasteiger partial charge in [0.05, 0.1) is 18.8 Å². The van der Waals surface area contributed by atoms with Gasteiger partial charge in [-0.3, -0.25) is 38.9 Å². The summed E-state index contributed by atoms with van der Waals surface area (Å²) in [6.07, 6.45) is 9.33. The minimum absolute atomic E-state index is 0.0571. The van der Waals surface area contributed by atoms with E-state index in [2.05, 4.69) is 103 Å². The molecule has 4 aliphatic rings. The van der Waals surface area contributed by atoms with Crippen LogP contribution in [0.3, 0.4) is 0 Å². The highest BCUT2D eigenvalue weighted by Crippen LogP contribution is 2.28. The number of hydrogen-bond donors (Lipinski definition) is 4. The van der Waals surface area contributed by atoms with Crippen molar-refractivity contribution < 1.29 is 23.2 Å². The SMILES string of the molecule is C[Si](C)(C)O[Si](C)(C)COC(=O)CCNCCN(CCNCCNC(=O)c1ccc(CN2CCCN3CCCC32)cc1)CCNC(=O)c1ccc(CN2CCCN3CCCC32)cc1. The van der Waals surface area contributed by atoms with Crippen LogP contribution in [0.5, 0.6) is 0 Å². The van der Waals surface area contributed by atoms with Crippen LogP contribution in [0.15, 0.2) is 48.5 Å². The molecule has 4 N–H and O–H groups in total. The largest absolute Gasteiger partial charge is 0.466 e. The molecule has 4 heterocycles. The van der Waals surface area contributed by atoms with Crippen molar-refractivity contribution in [2.24, 2.45) is 0 Å². The summed E-state index contributed by atoms with van der Waals surface area (Å²) in [6.45, 7) is 25.6. The fraction of sp³-hybridized carbons (Fsp3) is 0.681. The summed E-state index contributed by atoms with van der Waals surface area (Å²) in [5.74, 6) is -0.327. The lowest BCUT2D eigenvalue weighted by atomic mass is 10.1. The van der Waals surface area contributed by atoms with Crippen molar-refractivity contribution in [1.29, 1.82) is 0 Å². The van der Waals surface area contributed by atoms with Gasteiger partial charge in [-0.1, -0.05) is 24.3 Å². The van der Waals surface area contributed by atoms with E-state index in [-0.39, 0.29) is 17.8 Å². The lowest BCUT2D eigenvalue weighted by Gasteiger charge is -2.40. The van der Waals surface area contributed by atoms with E-state index in [1.165, 1.54) is 75.8 Å². The van der Waals surface area contributed by atoms with Crippen molar-refractivity contribution in [3.8, 4) is 0 Å².